The van der Waals surface area contributed by atoms with Crippen LogP contribution in [0.1, 0.15) is 27.0 Å². The van der Waals surface area contributed by atoms with Crippen LogP contribution in [0.15, 0.2) is 58.3 Å². The molecule has 6 nitrogen and oxygen atoms in total. The number of Topliss-reactive ketones (excluding diaryl/α,β-unsaturated/α-hetero) is 1. The van der Waals surface area contributed by atoms with Gasteiger partial charge in [-0.3, -0.25) is 4.79 Å². The molecule has 0 aliphatic carbocycles. The molecule has 3 aromatic rings. The van der Waals surface area contributed by atoms with Gasteiger partial charge in [0.05, 0.1) is 10.4 Å². The second-order valence-electron chi connectivity index (χ2n) is 7.44. The van der Waals surface area contributed by atoms with E-state index in [0.29, 0.717) is 0 Å². The molecule has 34 heavy (non-hydrogen) atoms. The number of furan rings is 1. The number of hydrogen-bond donors (Lipinski definition) is 3. The van der Waals surface area contributed by atoms with Gasteiger partial charge in [-0.1, -0.05) is 18.2 Å². The summed E-state index contributed by atoms with van der Waals surface area (Å²) in [5.41, 5.74) is -4.95. The molecule has 1 aliphatic heterocycles. The van der Waals surface area contributed by atoms with Crippen LogP contribution in [0.3, 0.4) is 0 Å². The molecule has 13 heteroatoms. The van der Waals surface area contributed by atoms with Gasteiger partial charge in [-0.05, 0) is 35.7 Å². The summed E-state index contributed by atoms with van der Waals surface area (Å²) < 4.78 is 86.3. The normalized spacial score (nSPS) is 23.3. The monoisotopic (exact) mass is 504 g/mol. The fourth-order valence-electron chi connectivity index (χ4n) is 3.67. The second kappa shape index (κ2) is 8.17. The highest BCUT2D eigenvalue weighted by molar-refractivity contribution is 7.12. The van der Waals surface area contributed by atoms with Crippen LogP contribution in [0.4, 0.5) is 31.1 Å². The Morgan fingerprint density at radius 2 is 1.79 bits per heavy atom. The van der Waals surface area contributed by atoms with Crippen molar-refractivity contribution in [3.8, 4) is 11.3 Å². The SMILES string of the molecule is O=C1N[C@@H](c2ccc(-c3cccc(C(F)(F)F)c3)o2)[C@H](C(=O)c2cccs2)[C@](O)(C(F)(F)F)N1. The highest BCUT2D eigenvalue weighted by Crippen LogP contribution is 2.45. The third kappa shape index (κ3) is 4.16. The van der Waals surface area contributed by atoms with Crippen molar-refractivity contribution in [1.82, 2.24) is 10.6 Å². The van der Waals surface area contributed by atoms with Crippen molar-refractivity contribution < 1.29 is 45.5 Å². The van der Waals surface area contributed by atoms with Gasteiger partial charge in [0.25, 0.3) is 0 Å². The molecular weight excluding hydrogens is 490 g/mol. The number of nitrogens with one attached hydrogen (secondary N) is 2. The lowest BCUT2D eigenvalue weighted by Crippen LogP contribution is -2.72. The standard InChI is InChI=1S/C21H14F6N2O4S/c22-20(23,24)11-4-1-3-10(9-11)12-6-7-13(33-12)16-15(17(30)14-5-2-8-34-14)19(32,21(25,26)27)29-18(31)28-16/h1-9,15-16,32H,(H2,28,29,31)/t15-,16+,19+/m1/s1. The van der Waals surface area contributed by atoms with Gasteiger partial charge in [-0.25, -0.2) is 4.79 Å². The number of ketones is 1. The molecule has 0 bridgehead atoms. The van der Waals surface area contributed by atoms with Crippen molar-refractivity contribution in [1.29, 1.82) is 0 Å². The summed E-state index contributed by atoms with van der Waals surface area (Å²) in [6.45, 7) is 0. The van der Waals surface area contributed by atoms with E-state index in [1.54, 1.807) is 0 Å². The van der Waals surface area contributed by atoms with Crippen LogP contribution in [0, 0.1) is 5.92 Å². The number of alkyl halides is 6. The minimum Gasteiger partial charge on any atom is -0.459 e. The van der Waals surface area contributed by atoms with Gasteiger partial charge >= 0.3 is 18.4 Å². The zero-order chi connectivity index (χ0) is 24.9. The van der Waals surface area contributed by atoms with Gasteiger partial charge in [-0.2, -0.15) is 26.3 Å². The molecular formula is C21H14F6N2O4S. The number of amides is 2. The molecule has 180 valence electrons. The number of carbonyl (C=O) groups excluding carboxylic acids is 2. The average molecular weight is 504 g/mol. The Morgan fingerprint density at radius 1 is 1.06 bits per heavy atom. The number of hydrogen-bond acceptors (Lipinski definition) is 5. The summed E-state index contributed by atoms with van der Waals surface area (Å²) in [4.78, 5) is 25.0. The topological polar surface area (TPSA) is 91.6 Å². The van der Waals surface area contributed by atoms with E-state index in [1.807, 2.05) is 0 Å². The summed E-state index contributed by atoms with van der Waals surface area (Å²) >= 11 is 0.834. The molecule has 0 radical (unpaired) electrons. The van der Waals surface area contributed by atoms with E-state index in [4.69, 9.17) is 4.42 Å². The lowest BCUT2D eigenvalue weighted by atomic mass is 9.80. The third-order valence-electron chi connectivity index (χ3n) is 5.26. The first kappa shape index (κ1) is 23.8. The number of halogens is 6. The molecule has 1 aliphatic rings. The van der Waals surface area contributed by atoms with Gasteiger partial charge < -0.3 is 20.2 Å². The molecule has 2 amide bonds. The Morgan fingerprint density at radius 3 is 2.41 bits per heavy atom. The maximum Gasteiger partial charge on any atom is 0.437 e. The first-order chi connectivity index (χ1) is 15.8. The Labute approximate surface area is 191 Å². The number of benzene rings is 1. The van der Waals surface area contributed by atoms with Crippen LogP contribution in [0.5, 0.6) is 0 Å². The molecule has 2 aromatic heterocycles. The van der Waals surface area contributed by atoms with Gasteiger partial charge in [0, 0.05) is 5.56 Å². The molecule has 1 aromatic carbocycles. The van der Waals surface area contributed by atoms with Gasteiger partial charge in [0.2, 0.25) is 5.72 Å². The predicted molar refractivity (Wildman–Crippen MR) is 107 cm³/mol. The molecule has 3 N–H and O–H groups in total. The van der Waals surface area contributed by atoms with Crippen LogP contribution >= 0.6 is 11.3 Å². The molecule has 4 rings (SSSR count). The average Bonchev–Trinajstić information content (AvgIpc) is 3.44. The van der Waals surface area contributed by atoms with E-state index >= 15 is 0 Å². The Balaban J connectivity index is 1.78. The maximum atomic E-state index is 13.9. The fraction of sp³-hybridized carbons (Fsp3) is 0.238. The molecule has 0 spiro atoms. The minimum absolute atomic E-state index is 0.0337. The van der Waals surface area contributed by atoms with Crippen LogP contribution in [-0.4, -0.2) is 28.8 Å². The first-order valence-electron chi connectivity index (χ1n) is 9.54. The van der Waals surface area contributed by atoms with Crippen LogP contribution in [0.2, 0.25) is 0 Å². The van der Waals surface area contributed by atoms with Crippen molar-refractivity contribution in [3.05, 3.63) is 70.1 Å². The van der Waals surface area contributed by atoms with E-state index in [0.717, 1.165) is 35.6 Å². The predicted octanol–water partition coefficient (Wildman–Crippen LogP) is 5.13. The van der Waals surface area contributed by atoms with E-state index in [-0.39, 0.29) is 22.0 Å². The first-order valence-corrected chi connectivity index (χ1v) is 10.4. The van der Waals surface area contributed by atoms with E-state index in [1.165, 1.54) is 35.0 Å². The van der Waals surface area contributed by atoms with Crippen LogP contribution in [-0.2, 0) is 6.18 Å². The number of urea groups is 1. The number of rotatable bonds is 4. The highest BCUT2D eigenvalue weighted by Gasteiger charge is 2.67. The lowest BCUT2D eigenvalue weighted by Gasteiger charge is -2.44. The third-order valence-corrected chi connectivity index (χ3v) is 6.14. The van der Waals surface area contributed by atoms with E-state index < -0.39 is 47.4 Å². The Bertz CT molecular complexity index is 1220. The van der Waals surface area contributed by atoms with Crippen molar-refractivity contribution in [3.63, 3.8) is 0 Å². The Kier molecular flexibility index (Phi) is 5.72. The quantitative estimate of drug-likeness (QED) is 0.339. The summed E-state index contributed by atoms with van der Waals surface area (Å²) in [5.74, 6) is -3.93. The van der Waals surface area contributed by atoms with Gasteiger partial charge in [0.15, 0.2) is 5.78 Å². The largest absolute Gasteiger partial charge is 0.459 e. The van der Waals surface area contributed by atoms with Crippen molar-refractivity contribution >= 4 is 23.2 Å². The summed E-state index contributed by atoms with van der Waals surface area (Å²) in [5, 5.41) is 15.5. The summed E-state index contributed by atoms with van der Waals surface area (Å²) in [6, 6.07) is 5.82. The zero-order valence-corrected chi connectivity index (χ0v) is 17.5. The highest BCUT2D eigenvalue weighted by atomic mass is 32.1. The van der Waals surface area contributed by atoms with Gasteiger partial charge in [0.1, 0.15) is 23.5 Å². The van der Waals surface area contributed by atoms with Crippen LogP contribution in [0.25, 0.3) is 11.3 Å². The molecule has 3 heterocycles. The van der Waals surface area contributed by atoms with Crippen molar-refractivity contribution in [2.45, 2.75) is 24.1 Å². The fourth-order valence-corrected chi connectivity index (χ4v) is 4.38. The Hall–Kier alpha value is -3.32. The van der Waals surface area contributed by atoms with E-state index in [9.17, 15) is 41.0 Å². The smallest absolute Gasteiger partial charge is 0.437 e. The van der Waals surface area contributed by atoms with Crippen LogP contribution < -0.4 is 10.6 Å². The van der Waals surface area contributed by atoms with Gasteiger partial charge in [-0.15, -0.1) is 11.3 Å². The lowest BCUT2D eigenvalue weighted by molar-refractivity contribution is -0.287. The minimum atomic E-state index is -5.45. The molecule has 0 saturated carbocycles. The molecule has 1 fully saturated rings. The molecule has 3 atom stereocenters. The molecule has 1 saturated heterocycles. The number of aliphatic hydroxyl groups is 1. The van der Waals surface area contributed by atoms with E-state index in [2.05, 4.69) is 5.32 Å². The second-order valence-corrected chi connectivity index (χ2v) is 8.39. The number of carbonyl (C=O) groups is 2. The summed E-state index contributed by atoms with van der Waals surface area (Å²) in [7, 11) is 0. The maximum absolute atomic E-state index is 13.9. The van der Waals surface area contributed by atoms with Crippen molar-refractivity contribution in [2.75, 3.05) is 0 Å². The summed E-state index contributed by atoms with van der Waals surface area (Å²) in [6.07, 6.45) is -10.1. The zero-order valence-electron chi connectivity index (χ0n) is 16.7. The number of thiophene rings is 1. The molecule has 0 unspecified atom stereocenters. The van der Waals surface area contributed by atoms with Crippen molar-refractivity contribution in [2.24, 2.45) is 5.92 Å².